The molecule has 5 heterocycles. The molecule has 2 aliphatic rings. The molecule has 3 aromatic rings. The van der Waals surface area contributed by atoms with Crippen molar-refractivity contribution in [1.29, 1.82) is 0 Å². The predicted molar refractivity (Wildman–Crippen MR) is 131 cm³/mol. The zero-order valence-electron chi connectivity index (χ0n) is 19.1. The molecule has 0 amide bonds. The Hall–Kier alpha value is -2.36. The maximum atomic E-state index is 6.29. The minimum absolute atomic E-state index is 0.0644. The topological polar surface area (TPSA) is 74.5 Å². The minimum atomic E-state index is -0.0644. The Morgan fingerprint density at radius 2 is 2.06 bits per heavy atom. The maximum absolute atomic E-state index is 6.29. The molecule has 2 fully saturated rings. The number of anilines is 1. The van der Waals surface area contributed by atoms with E-state index in [-0.39, 0.29) is 6.23 Å². The van der Waals surface area contributed by atoms with Gasteiger partial charge in [0.05, 0.1) is 25.5 Å². The molecule has 3 aromatic heterocycles. The fraction of sp³-hybridized carbons (Fsp3) is 0.542. The van der Waals surface area contributed by atoms with Gasteiger partial charge in [-0.25, -0.2) is 9.67 Å². The van der Waals surface area contributed by atoms with Crippen LogP contribution in [0.15, 0.2) is 30.6 Å². The minimum Gasteiger partial charge on any atom is -0.493 e. The maximum Gasteiger partial charge on any atom is 0.150 e. The van der Waals surface area contributed by atoms with Crippen molar-refractivity contribution in [2.75, 3.05) is 56.4 Å². The van der Waals surface area contributed by atoms with Gasteiger partial charge in [0.2, 0.25) is 0 Å². The summed E-state index contributed by atoms with van der Waals surface area (Å²) >= 11 is 1.84. The van der Waals surface area contributed by atoms with Crippen molar-refractivity contribution in [3.05, 3.63) is 30.6 Å². The van der Waals surface area contributed by atoms with Gasteiger partial charge in [0.25, 0.3) is 0 Å². The summed E-state index contributed by atoms with van der Waals surface area (Å²) in [6, 6.07) is 6.07. The van der Waals surface area contributed by atoms with E-state index in [2.05, 4.69) is 22.3 Å². The van der Waals surface area contributed by atoms with Crippen LogP contribution in [-0.4, -0.2) is 71.3 Å². The number of nitrogens with zero attached hydrogens (tertiary/aromatic N) is 5. The van der Waals surface area contributed by atoms with Crippen LogP contribution in [0.4, 0.5) is 5.82 Å². The normalized spacial score (nSPS) is 19.2. The lowest BCUT2D eigenvalue weighted by molar-refractivity contribution is -0.0383. The summed E-state index contributed by atoms with van der Waals surface area (Å²) in [7, 11) is 0. The van der Waals surface area contributed by atoms with Crippen LogP contribution in [-0.2, 0) is 9.47 Å². The highest BCUT2D eigenvalue weighted by atomic mass is 32.2. The molecule has 0 radical (unpaired) electrons. The standard InChI is InChI=1S/C24H31N5O3S/c1-33-16-4-13-31-20-17-21(28-10-14-30-15-11-28)27-23-18(20)6-8-25-24(23)19-7-9-26-29(19)22-5-2-3-12-32-22/h6-9,17,22H,2-5,10-16H2,1H3. The van der Waals surface area contributed by atoms with Crippen molar-refractivity contribution in [1.82, 2.24) is 19.7 Å². The average Bonchev–Trinajstić information content (AvgIpc) is 3.37. The van der Waals surface area contributed by atoms with Crippen LogP contribution < -0.4 is 9.64 Å². The van der Waals surface area contributed by atoms with Gasteiger partial charge in [0.15, 0.2) is 6.23 Å². The van der Waals surface area contributed by atoms with Crippen LogP contribution in [0.25, 0.3) is 22.3 Å². The smallest absolute Gasteiger partial charge is 0.150 e. The van der Waals surface area contributed by atoms with E-state index < -0.39 is 0 Å². The van der Waals surface area contributed by atoms with E-state index in [1.54, 1.807) is 0 Å². The van der Waals surface area contributed by atoms with Crippen LogP contribution in [0.2, 0.25) is 0 Å². The lowest BCUT2D eigenvalue weighted by Crippen LogP contribution is -2.36. The molecular weight excluding hydrogens is 438 g/mol. The monoisotopic (exact) mass is 469 g/mol. The summed E-state index contributed by atoms with van der Waals surface area (Å²) < 4.78 is 19.8. The molecule has 2 saturated heterocycles. The summed E-state index contributed by atoms with van der Waals surface area (Å²) in [5.74, 6) is 2.83. The van der Waals surface area contributed by atoms with Gasteiger partial charge < -0.3 is 19.1 Å². The van der Waals surface area contributed by atoms with E-state index in [9.17, 15) is 0 Å². The summed E-state index contributed by atoms with van der Waals surface area (Å²) in [6.07, 6.45) is 9.90. The number of pyridine rings is 2. The Morgan fingerprint density at radius 3 is 2.88 bits per heavy atom. The second kappa shape index (κ2) is 10.7. The molecule has 9 heteroatoms. The van der Waals surface area contributed by atoms with E-state index >= 15 is 0 Å². The molecule has 5 rings (SSSR count). The van der Waals surface area contributed by atoms with E-state index in [0.29, 0.717) is 19.8 Å². The van der Waals surface area contributed by atoms with Crippen molar-refractivity contribution in [2.45, 2.75) is 31.9 Å². The molecule has 2 aliphatic heterocycles. The number of ether oxygens (including phenoxy) is 3. The van der Waals surface area contributed by atoms with Gasteiger partial charge in [0.1, 0.15) is 22.8 Å². The number of rotatable bonds is 8. The first-order valence-corrected chi connectivity index (χ1v) is 13.1. The van der Waals surface area contributed by atoms with E-state index in [4.69, 9.17) is 24.2 Å². The SMILES string of the molecule is CSCCCOc1cc(N2CCOCC2)nc2c(-c3ccnn3C3CCCCO3)nccc12. The van der Waals surface area contributed by atoms with Crippen molar-refractivity contribution < 1.29 is 14.2 Å². The highest BCUT2D eigenvalue weighted by Gasteiger charge is 2.23. The Labute approximate surface area is 198 Å². The van der Waals surface area contributed by atoms with Gasteiger partial charge in [-0.1, -0.05) is 0 Å². The third kappa shape index (κ3) is 4.95. The molecule has 0 bridgehead atoms. The molecule has 1 atom stereocenters. The zero-order valence-corrected chi connectivity index (χ0v) is 19.9. The van der Waals surface area contributed by atoms with E-state index in [1.807, 2.05) is 41.0 Å². The third-order valence-electron chi connectivity index (χ3n) is 6.10. The molecule has 0 aromatic carbocycles. The Kier molecular flexibility index (Phi) is 7.28. The molecule has 33 heavy (non-hydrogen) atoms. The number of hydrogen-bond acceptors (Lipinski definition) is 8. The molecule has 8 nitrogen and oxygen atoms in total. The number of aromatic nitrogens is 4. The summed E-state index contributed by atoms with van der Waals surface area (Å²) in [5, 5.41) is 5.56. The van der Waals surface area contributed by atoms with Crippen LogP contribution in [0.1, 0.15) is 31.9 Å². The highest BCUT2D eigenvalue weighted by molar-refractivity contribution is 7.98. The van der Waals surface area contributed by atoms with E-state index in [0.717, 1.165) is 85.0 Å². The van der Waals surface area contributed by atoms with E-state index in [1.165, 1.54) is 0 Å². The van der Waals surface area contributed by atoms with Gasteiger partial charge in [-0.15, -0.1) is 0 Å². The quantitative estimate of drug-likeness (QED) is 0.455. The first-order chi connectivity index (χ1) is 16.3. The molecule has 0 spiro atoms. The fourth-order valence-corrected chi connectivity index (χ4v) is 4.81. The zero-order chi connectivity index (χ0) is 22.5. The third-order valence-corrected chi connectivity index (χ3v) is 6.80. The van der Waals surface area contributed by atoms with Crippen LogP contribution in [0.5, 0.6) is 5.75 Å². The second-order valence-electron chi connectivity index (χ2n) is 8.31. The summed E-state index contributed by atoms with van der Waals surface area (Å²) in [6.45, 7) is 4.47. The summed E-state index contributed by atoms with van der Waals surface area (Å²) in [5.41, 5.74) is 2.56. The first-order valence-electron chi connectivity index (χ1n) is 11.7. The predicted octanol–water partition coefficient (Wildman–Crippen LogP) is 4.16. The molecule has 0 aliphatic carbocycles. The lowest BCUT2D eigenvalue weighted by atomic mass is 10.1. The fourth-order valence-electron chi connectivity index (χ4n) is 4.40. The van der Waals surface area contributed by atoms with Crippen LogP contribution in [0.3, 0.4) is 0 Å². The van der Waals surface area contributed by atoms with Gasteiger partial charge in [-0.2, -0.15) is 16.9 Å². The Balaban J connectivity index is 1.57. The Bertz CT molecular complexity index is 1060. The van der Waals surface area contributed by atoms with Crippen molar-refractivity contribution >= 4 is 28.5 Å². The number of thioether (sulfide) groups is 1. The van der Waals surface area contributed by atoms with Crippen molar-refractivity contribution in [2.24, 2.45) is 0 Å². The van der Waals surface area contributed by atoms with Crippen LogP contribution in [0, 0.1) is 0 Å². The van der Waals surface area contributed by atoms with Gasteiger partial charge in [-0.05, 0) is 49.8 Å². The molecular formula is C24H31N5O3S. The van der Waals surface area contributed by atoms with Crippen LogP contribution >= 0.6 is 11.8 Å². The van der Waals surface area contributed by atoms with Gasteiger partial charge in [-0.3, -0.25) is 4.98 Å². The number of fused-ring (bicyclic) bond motifs is 1. The van der Waals surface area contributed by atoms with Gasteiger partial charge >= 0.3 is 0 Å². The number of hydrogen-bond donors (Lipinski definition) is 0. The van der Waals surface area contributed by atoms with Crippen molar-refractivity contribution in [3.63, 3.8) is 0 Å². The second-order valence-corrected chi connectivity index (χ2v) is 9.30. The molecule has 0 N–H and O–H groups in total. The van der Waals surface area contributed by atoms with Crippen molar-refractivity contribution in [3.8, 4) is 17.1 Å². The first kappa shape index (κ1) is 22.4. The molecule has 1 unspecified atom stereocenters. The lowest BCUT2D eigenvalue weighted by Gasteiger charge is -2.28. The molecule has 176 valence electrons. The van der Waals surface area contributed by atoms with Gasteiger partial charge in [0, 0.05) is 43.5 Å². The molecule has 0 saturated carbocycles. The number of morpholine rings is 1. The highest BCUT2D eigenvalue weighted by Crippen LogP contribution is 2.36. The summed E-state index contributed by atoms with van der Waals surface area (Å²) in [4.78, 5) is 12.1. The Morgan fingerprint density at radius 1 is 1.15 bits per heavy atom. The largest absolute Gasteiger partial charge is 0.493 e. The average molecular weight is 470 g/mol.